The number of amides is 1. The molecule has 0 spiro atoms. The Morgan fingerprint density at radius 2 is 1.89 bits per heavy atom. The zero-order valence-electron chi connectivity index (χ0n) is 10.4. The summed E-state index contributed by atoms with van der Waals surface area (Å²) in [5.74, 6) is -2.14. The number of rotatable bonds is 3. The molecule has 19 heavy (non-hydrogen) atoms. The van der Waals surface area contributed by atoms with Gasteiger partial charge in [-0.25, -0.2) is 13.5 Å². The van der Waals surface area contributed by atoms with Crippen LogP contribution >= 0.6 is 0 Å². The predicted molar refractivity (Wildman–Crippen MR) is 63.3 cm³/mol. The van der Waals surface area contributed by atoms with E-state index < -0.39 is 23.1 Å². The topological polar surface area (TPSA) is 73.8 Å². The van der Waals surface area contributed by atoms with Crippen LogP contribution in [-0.4, -0.2) is 20.9 Å². The van der Waals surface area contributed by atoms with Gasteiger partial charge in [0.15, 0.2) is 5.69 Å². The molecule has 1 amide bonds. The Balaban J connectivity index is 2.55. The van der Waals surface area contributed by atoms with E-state index in [1.165, 1.54) is 16.9 Å². The van der Waals surface area contributed by atoms with Crippen molar-refractivity contribution in [3.05, 3.63) is 47.3 Å². The lowest BCUT2D eigenvalue weighted by atomic mass is 9.93. The van der Waals surface area contributed by atoms with Gasteiger partial charge in [-0.15, -0.1) is 5.10 Å². The van der Waals surface area contributed by atoms with E-state index in [2.05, 4.69) is 10.3 Å². The number of primary amides is 1. The lowest BCUT2D eigenvalue weighted by molar-refractivity contribution is 0.0995. The first-order chi connectivity index (χ1) is 8.84. The maximum Gasteiger partial charge on any atom is 0.270 e. The summed E-state index contributed by atoms with van der Waals surface area (Å²) in [7, 11) is 0. The molecular formula is C12H12F2N4O. The number of benzene rings is 1. The van der Waals surface area contributed by atoms with Gasteiger partial charge in [0, 0.05) is 0 Å². The molecule has 0 fully saturated rings. The Morgan fingerprint density at radius 1 is 1.32 bits per heavy atom. The van der Waals surface area contributed by atoms with Crippen molar-refractivity contribution in [2.45, 2.75) is 19.4 Å². The van der Waals surface area contributed by atoms with E-state index in [0.717, 1.165) is 12.1 Å². The molecule has 1 aromatic carbocycles. The first-order valence-electron chi connectivity index (χ1n) is 5.51. The SMILES string of the molecule is CC(C)(c1c(F)cccc1F)n1cc(C(N)=O)nn1. The van der Waals surface area contributed by atoms with Crippen molar-refractivity contribution in [3.8, 4) is 0 Å². The van der Waals surface area contributed by atoms with Gasteiger partial charge < -0.3 is 5.73 Å². The highest BCUT2D eigenvalue weighted by Gasteiger charge is 2.31. The van der Waals surface area contributed by atoms with Crippen LogP contribution in [0.2, 0.25) is 0 Å². The van der Waals surface area contributed by atoms with Crippen molar-refractivity contribution in [2.75, 3.05) is 0 Å². The fourth-order valence-electron chi connectivity index (χ4n) is 1.85. The van der Waals surface area contributed by atoms with Crippen LogP contribution in [0.15, 0.2) is 24.4 Å². The van der Waals surface area contributed by atoms with Gasteiger partial charge in [-0.05, 0) is 26.0 Å². The molecule has 1 aromatic heterocycles. The van der Waals surface area contributed by atoms with Gasteiger partial charge >= 0.3 is 0 Å². The summed E-state index contributed by atoms with van der Waals surface area (Å²) in [6.45, 7) is 3.13. The highest BCUT2D eigenvalue weighted by molar-refractivity contribution is 5.90. The van der Waals surface area contributed by atoms with Crippen molar-refractivity contribution in [1.29, 1.82) is 0 Å². The Labute approximate surface area is 108 Å². The molecule has 0 bridgehead atoms. The molecule has 100 valence electrons. The van der Waals surface area contributed by atoms with E-state index in [4.69, 9.17) is 5.73 Å². The van der Waals surface area contributed by atoms with Crippen LogP contribution < -0.4 is 5.73 Å². The fourth-order valence-corrected chi connectivity index (χ4v) is 1.85. The average molecular weight is 266 g/mol. The molecule has 0 unspecified atom stereocenters. The summed E-state index contributed by atoms with van der Waals surface area (Å²) in [5, 5.41) is 7.26. The minimum atomic E-state index is -1.14. The second kappa shape index (κ2) is 4.42. The largest absolute Gasteiger partial charge is 0.364 e. The number of hydrogen-bond acceptors (Lipinski definition) is 3. The zero-order chi connectivity index (χ0) is 14.2. The first-order valence-corrected chi connectivity index (χ1v) is 5.51. The van der Waals surface area contributed by atoms with Crippen LogP contribution in [0, 0.1) is 11.6 Å². The Kier molecular flexibility index (Phi) is 3.05. The lowest BCUT2D eigenvalue weighted by Gasteiger charge is -2.26. The van der Waals surface area contributed by atoms with Gasteiger partial charge in [0.25, 0.3) is 5.91 Å². The number of aromatic nitrogens is 3. The van der Waals surface area contributed by atoms with Crippen molar-refractivity contribution < 1.29 is 13.6 Å². The molecular weight excluding hydrogens is 254 g/mol. The van der Waals surface area contributed by atoms with E-state index in [-0.39, 0.29) is 11.3 Å². The molecule has 0 saturated carbocycles. The second-order valence-corrected chi connectivity index (χ2v) is 4.57. The van der Waals surface area contributed by atoms with E-state index in [1.807, 2.05) is 0 Å². The molecule has 0 aliphatic heterocycles. The summed E-state index contributed by atoms with van der Waals surface area (Å²) in [5.41, 5.74) is 3.70. The molecule has 1 heterocycles. The highest BCUT2D eigenvalue weighted by atomic mass is 19.1. The van der Waals surface area contributed by atoms with Crippen LogP contribution in [0.4, 0.5) is 8.78 Å². The van der Waals surface area contributed by atoms with Crippen LogP contribution in [0.1, 0.15) is 29.9 Å². The van der Waals surface area contributed by atoms with E-state index >= 15 is 0 Å². The normalized spacial score (nSPS) is 11.6. The fraction of sp³-hybridized carbons (Fsp3) is 0.250. The maximum absolute atomic E-state index is 13.8. The molecule has 2 aromatic rings. The molecule has 2 N–H and O–H groups in total. The molecule has 5 nitrogen and oxygen atoms in total. The molecule has 2 rings (SSSR count). The number of nitrogens with zero attached hydrogens (tertiary/aromatic N) is 3. The van der Waals surface area contributed by atoms with Crippen molar-refractivity contribution in [1.82, 2.24) is 15.0 Å². The van der Waals surface area contributed by atoms with Crippen LogP contribution in [0.3, 0.4) is 0 Å². The predicted octanol–water partition coefficient (Wildman–Crippen LogP) is 1.44. The third-order valence-electron chi connectivity index (χ3n) is 2.89. The monoisotopic (exact) mass is 266 g/mol. The van der Waals surface area contributed by atoms with Gasteiger partial charge in [0.1, 0.15) is 11.6 Å². The minimum Gasteiger partial charge on any atom is -0.364 e. The summed E-state index contributed by atoms with van der Waals surface area (Å²) in [4.78, 5) is 11.0. The van der Waals surface area contributed by atoms with Crippen LogP contribution in [0.25, 0.3) is 0 Å². The van der Waals surface area contributed by atoms with Crippen molar-refractivity contribution >= 4 is 5.91 Å². The molecule has 0 radical (unpaired) electrons. The zero-order valence-corrected chi connectivity index (χ0v) is 10.4. The Morgan fingerprint density at radius 3 is 2.37 bits per heavy atom. The van der Waals surface area contributed by atoms with Gasteiger partial charge in [-0.2, -0.15) is 0 Å². The lowest BCUT2D eigenvalue weighted by Crippen LogP contribution is -2.31. The van der Waals surface area contributed by atoms with Gasteiger partial charge in [-0.3, -0.25) is 4.79 Å². The van der Waals surface area contributed by atoms with Gasteiger partial charge in [-0.1, -0.05) is 11.3 Å². The standard InChI is InChI=1S/C12H12F2N4O/c1-12(2,10-7(13)4-3-5-8(10)14)18-6-9(11(15)19)16-17-18/h3-6H,1-2H3,(H2,15,19). The summed E-state index contributed by atoms with van der Waals surface area (Å²) in [6, 6.07) is 3.60. The third-order valence-corrected chi connectivity index (χ3v) is 2.89. The van der Waals surface area contributed by atoms with E-state index in [0.29, 0.717) is 0 Å². The maximum atomic E-state index is 13.8. The van der Waals surface area contributed by atoms with Crippen molar-refractivity contribution in [3.63, 3.8) is 0 Å². The summed E-state index contributed by atoms with van der Waals surface area (Å²) < 4.78 is 28.8. The Bertz CT molecular complexity index is 616. The smallest absolute Gasteiger partial charge is 0.270 e. The van der Waals surface area contributed by atoms with Crippen molar-refractivity contribution in [2.24, 2.45) is 5.73 Å². The number of hydrogen-bond donors (Lipinski definition) is 1. The first kappa shape index (κ1) is 13.1. The van der Waals surface area contributed by atoms with E-state index in [1.54, 1.807) is 13.8 Å². The molecule has 0 aliphatic carbocycles. The number of carbonyl (C=O) groups is 1. The number of nitrogens with two attached hydrogens (primary N) is 1. The second-order valence-electron chi connectivity index (χ2n) is 4.57. The van der Waals surface area contributed by atoms with Crippen LogP contribution in [-0.2, 0) is 5.54 Å². The quantitative estimate of drug-likeness (QED) is 0.913. The molecule has 0 atom stereocenters. The molecule has 7 heteroatoms. The number of halogens is 2. The summed E-state index contributed by atoms with van der Waals surface area (Å²) in [6.07, 6.45) is 1.26. The number of carbonyl (C=O) groups excluding carboxylic acids is 1. The summed E-state index contributed by atoms with van der Waals surface area (Å²) >= 11 is 0. The van der Waals surface area contributed by atoms with Gasteiger partial charge in [0.05, 0.1) is 17.3 Å². The van der Waals surface area contributed by atoms with Gasteiger partial charge in [0.2, 0.25) is 0 Å². The third kappa shape index (κ3) is 2.18. The van der Waals surface area contributed by atoms with E-state index in [9.17, 15) is 13.6 Å². The highest BCUT2D eigenvalue weighted by Crippen LogP contribution is 2.29. The molecule has 0 aliphatic rings. The average Bonchev–Trinajstić information content (AvgIpc) is 2.78. The van der Waals surface area contributed by atoms with Crippen LogP contribution in [0.5, 0.6) is 0 Å². The molecule has 0 saturated heterocycles. The Hall–Kier alpha value is -2.31. The minimum absolute atomic E-state index is 0.0650.